The van der Waals surface area contributed by atoms with E-state index in [-0.39, 0.29) is 18.8 Å². The molecule has 0 saturated carbocycles. The molecule has 0 fully saturated rings. The molecule has 1 atom stereocenters. The quantitative estimate of drug-likeness (QED) is 0.485. The van der Waals surface area contributed by atoms with Crippen LogP contribution in [-0.2, 0) is 25.5 Å². The van der Waals surface area contributed by atoms with E-state index in [0.29, 0.717) is 0 Å². The second-order valence-corrected chi connectivity index (χ2v) is 5.35. The van der Waals surface area contributed by atoms with Crippen LogP contribution >= 0.6 is 0 Å². The van der Waals surface area contributed by atoms with Gasteiger partial charge in [0.05, 0.1) is 21.3 Å². The van der Waals surface area contributed by atoms with Gasteiger partial charge < -0.3 is 14.2 Å². The molecule has 0 heterocycles. The van der Waals surface area contributed by atoms with Crippen LogP contribution < -0.4 is 4.74 Å². The summed E-state index contributed by atoms with van der Waals surface area (Å²) in [5.74, 6) is -0.577. The lowest BCUT2D eigenvalue weighted by molar-refractivity contribution is -0.170. The molecule has 5 heteroatoms. The fraction of sp³-hybridized carbons (Fsp3) is 0.412. The van der Waals surface area contributed by atoms with E-state index in [1.165, 1.54) is 14.2 Å². The molecular weight excluding hydrogens is 284 g/mol. The van der Waals surface area contributed by atoms with E-state index in [1.807, 2.05) is 18.2 Å². The first-order valence-electron chi connectivity index (χ1n) is 6.98. The highest BCUT2D eigenvalue weighted by Gasteiger charge is 2.52. The Labute approximate surface area is 129 Å². The lowest BCUT2D eigenvalue weighted by Gasteiger charge is -2.36. The highest BCUT2D eigenvalue weighted by molar-refractivity contribution is 6.00. The van der Waals surface area contributed by atoms with Crippen molar-refractivity contribution < 1.29 is 23.8 Å². The van der Waals surface area contributed by atoms with Gasteiger partial charge in [-0.15, -0.1) is 6.58 Å². The fourth-order valence-electron chi connectivity index (χ4n) is 3.08. The molecule has 118 valence electrons. The maximum absolute atomic E-state index is 12.3. The van der Waals surface area contributed by atoms with E-state index >= 15 is 0 Å². The average Bonchev–Trinajstić information content (AvgIpc) is 2.58. The van der Waals surface area contributed by atoms with Crippen LogP contribution in [0, 0.1) is 5.41 Å². The van der Waals surface area contributed by atoms with Crippen molar-refractivity contribution in [1.82, 2.24) is 0 Å². The maximum Gasteiger partial charge on any atom is 0.323 e. The molecule has 0 saturated heterocycles. The topological polar surface area (TPSA) is 61.8 Å². The third-order valence-electron chi connectivity index (χ3n) is 4.25. The van der Waals surface area contributed by atoms with Gasteiger partial charge in [-0.2, -0.15) is 0 Å². The van der Waals surface area contributed by atoms with E-state index in [0.717, 1.165) is 16.9 Å². The standard InChI is InChI=1S/C17H20O5/c1-5-11-9-17(15(18)21-3,16(19)22-4)10-12-6-7-13(20-2)8-14(11)12/h5-8,11H,1,9-10H2,2-4H3. The van der Waals surface area contributed by atoms with Gasteiger partial charge >= 0.3 is 11.9 Å². The summed E-state index contributed by atoms with van der Waals surface area (Å²) in [6.45, 7) is 3.83. The van der Waals surface area contributed by atoms with Gasteiger partial charge in [-0.1, -0.05) is 12.1 Å². The Bertz CT molecular complexity index is 589. The van der Waals surface area contributed by atoms with E-state index in [2.05, 4.69) is 6.58 Å². The van der Waals surface area contributed by atoms with Crippen molar-refractivity contribution in [1.29, 1.82) is 0 Å². The number of fused-ring (bicyclic) bond motifs is 1. The molecule has 1 aliphatic carbocycles. The van der Waals surface area contributed by atoms with Crippen LogP contribution in [0.1, 0.15) is 23.5 Å². The van der Waals surface area contributed by atoms with Gasteiger partial charge in [0.2, 0.25) is 0 Å². The number of carbonyl (C=O) groups excluding carboxylic acids is 2. The fourth-order valence-corrected chi connectivity index (χ4v) is 3.08. The van der Waals surface area contributed by atoms with Gasteiger partial charge in [0, 0.05) is 5.92 Å². The summed E-state index contributed by atoms with van der Waals surface area (Å²) in [6, 6.07) is 5.59. The second-order valence-electron chi connectivity index (χ2n) is 5.35. The van der Waals surface area contributed by atoms with Crippen molar-refractivity contribution in [2.75, 3.05) is 21.3 Å². The van der Waals surface area contributed by atoms with E-state index in [1.54, 1.807) is 13.2 Å². The number of benzene rings is 1. The molecule has 0 N–H and O–H groups in total. The predicted octanol–water partition coefficient (Wildman–Crippen LogP) is 2.24. The van der Waals surface area contributed by atoms with Crippen LogP contribution in [0.15, 0.2) is 30.9 Å². The van der Waals surface area contributed by atoms with Crippen molar-refractivity contribution in [2.24, 2.45) is 5.41 Å². The Kier molecular flexibility index (Phi) is 4.54. The van der Waals surface area contributed by atoms with Crippen LogP contribution in [0.5, 0.6) is 5.75 Å². The lowest BCUT2D eigenvalue weighted by Crippen LogP contribution is -2.46. The zero-order valence-corrected chi connectivity index (χ0v) is 13.0. The Morgan fingerprint density at radius 2 is 1.86 bits per heavy atom. The van der Waals surface area contributed by atoms with Gasteiger partial charge in [0.25, 0.3) is 0 Å². The molecule has 0 aliphatic heterocycles. The molecule has 1 unspecified atom stereocenters. The molecule has 0 spiro atoms. The van der Waals surface area contributed by atoms with Crippen molar-refractivity contribution in [3.8, 4) is 5.75 Å². The van der Waals surface area contributed by atoms with Crippen molar-refractivity contribution >= 4 is 11.9 Å². The molecule has 22 heavy (non-hydrogen) atoms. The van der Waals surface area contributed by atoms with Crippen LogP contribution in [0.25, 0.3) is 0 Å². The number of rotatable bonds is 4. The minimum absolute atomic E-state index is 0.156. The predicted molar refractivity (Wildman–Crippen MR) is 80.7 cm³/mol. The molecule has 1 aromatic rings. The molecule has 0 aromatic heterocycles. The summed E-state index contributed by atoms with van der Waals surface area (Å²) in [6.07, 6.45) is 2.25. The SMILES string of the molecule is C=CC1CC(C(=O)OC)(C(=O)OC)Cc2ccc(OC)cc21. The first kappa shape index (κ1) is 16.1. The number of carbonyl (C=O) groups is 2. The van der Waals surface area contributed by atoms with E-state index in [4.69, 9.17) is 14.2 Å². The average molecular weight is 304 g/mol. The Morgan fingerprint density at radius 3 is 2.36 bits per heavy atom. The molecule has 1 aliphatic rings. The number of esters is 2. The molecule has 0 radical (unpaired) electrons. The number of methoxy groups -OCH3 is 3. The Hall–Kier alpha value is -2.30. The van der Waals surface area contributed by atoms with Gasteiger partial charge in [0.15, 0.2) is 5.41 Å². The highest BCUT2D eigenvalue weighted by Crippen LogP contribution is 2.45. The van der Waals surface area contributed by atoms with Gasteiger partial charge in [-0.25, -0.2) is 0 Å². The number of hydrogen-bond donors (Lipinski definition) is 0. The first-order valence-corrected chi connectivity index (χ1v) is 6.98. The molecule has 1 aromatic carbocycles. The summed E-state index contributed by atoms with van der Waals surface area (Å²) in [5.41, 5.74) is 0.578. The molecule has 2 rings (SSSR count). The maximum atomic E-state index is 12.3. The normalized spacial score (nSPS) is 18.8. The van der Waals surface area contributed by atoms with Crippen LogP contribution in [0.4, 0.5) is 0 Å². The van der Waals surface area contributed by atoms with Gasteiger partial charge in [-0.3, -0.25) is 9.59 Å². The molecule has 0 amide bonds. The largest absolute Gasteiger partial charge is 0.497 e. The van der Waals surface area contributed by atoms with Crippen molar-refractivity contribution in [3.05, 3.63) is 42.0 Å². The minimum Gasteiger partial charge on any atom is -0.497 e. The summed E-state index contributed by atoms with van der Waals surface area (Å²) < 4.78 is 15.0. The number of allylic oxidation sites excluding steroid dienone is 1. The van der Waals surface area contributed by atoms with E-state index < -0.39 is 17.4 Å². The van der Waals surface area contributed by atoms with Crippen LogP contribution in [-0.4, -0.2) is 33.3 Å². The summed E-state index contributed by atoms with van der Waals surface area (Å²) in [4.78, 5) is 24.6. The van der Waals surface area contributed by atoms with Crippen molar-refractivity contribution in [2.45, 2.75) is 18.8 Å². The third kappa shape index (κ3) is 2.47. The summed E-state index contributed by atoms with van der Waals surface area (Å²) in [5, 5.41) is 0. The van der Waals surface area contributed by atoms with Crippen LogP contribution in [0.3, 0.4) is 0 Å². The first-order chi connectivity index (χ1) is 10.5. The van der Waals surface area contributed by atoms with Crippen molar-refractivity contribution in [3.63, 3.8) is 0 Å². The summed E-state index contributed by atoms with van der Waals surface area (Å²) in [7, 11) is 4.15. The monoisotopic (exact) mass is 304 g/mol. The van der Waals surface area contributed by atoms with Crippen LogP contribution in [0.2, 0.25) is 0 Å². The highest BCUT2D eigenvalue weighted by atomic mass is 16.5. The number of ether oxygens (including phenoxy) is 3. The second kappa shape index (κ2) is 6.22. The third-order valence-corrected chi connectivity index (χ3v) is 4.25. The summed E-state index contributed by atoms with van der Waals surface area (Å²) >= 11 is 0. The smallest absolute Gasteiger partial charge is 0.323 e. The molecular formula is C17H20O5. The lowest BCUT2D eigenvalue weighted by atomic mass is 9.67. The van der Waals surface area contributed by atoms with E-state index in [9.17, 15) is 9.59 Å². The van der Waals surface area contributed by atoms with Gasteiger partial charge in [-0.05, 0) is 36.1 Å². The minimum atomic E-state index is -1.33. The van der Waals surface area contributed by atoms with Gasteiger partial charge in [0.1, 0.15) is 5.75 Å². The Morgan fingerprint density at radius 1 is 1.23 bits per heavy atom. The molecule has 5 nitrogen and oxygen atoms in total. The zero-order chi connectivity index (χ0) is 16.3. The Balaban J connectivity index is 2.55. The molecule has 0 bridgehead atoms. The number of hydrogen-bond acceptors (Lipinski definition) is 5. The zero-order valence-electron chi connectivity index (χ0n) is 13.0.